The Morgan fingerprint density at radius 3 is 2.32 bits per heavy atom. The van der Waals surface area contributed by atoms with Crippen LogP contribution in [0.3, 0.4) is 0 Å². The normalized spacial score (nSPS) is 62.1. The van der Waals surface area contributed by atoms with Gasteiger partial charge in [0.05, 0.1) is 31.5 Å². The summed E-state index contributed by atoms with van der Waals surface area (Å²) in [5.74, 6) is 2.53. The monoisotopic (exact) mass is 578 g/mol. The summed E-state index contributed by atoms with van der Waals surface area (Å²) in [7, 11) is 0. The quantitative estimate of drug-likeness (QED) is 0.367. The minimum absolute atomic E-state index is 0.0209. The molecule has 0 aromatic carbocycles. The van der Waals surface area contributed by atoms with Crippen LogP contribution in [0.25, 0.3) is 0 Å². The molecule has 0 aromatic heterocycles. The van der Waals surface area contributed by atoms with E-state index >= 15 is 0 Å². The zero-order valence-electron chi connectivity index (χ0n) is 25.7. The smallest absolute Gasteiger partial charge is 0.186 e. The van der Waals surface area contributed by atoms with Gasteiger partial charge in [-0.15, -0.1) is 0 Å². The molecule has 17 atom stereocenters. The molecule has 0 aromatic rings. The third-order valence-electron chi connectivity index (χ3n) is 14.4. The molecule has 41 heavy (non-hydrogen) atoms. The molecule has 0 radical (unpaired) electrons. The van der Waals surface area contributed by atoms with Crippen molar-refractivity contribution >= 4 is 0 Å². The second-order valence-corrected chi connectivity index (χ2v) is 16.2. The maximum atomic E-state index is 10.9. The Morgan fingerprint density at radius 1 is 0.805 bits per heavy atom. The first kappa shape index (κ1) is 29.4. The number of aliphatic hydroxyl groups excluding tert-OH is 4. The summed E-state index contributed by atoms with van der Waals surface area (Å²) in [6, 6.07) is 0. The fraction of sp³-hybridized carbons (Fsp3) is 1.00. The fourth-order valence-electron chi connectivity index (χ4n) is 11.9. The summed E-state index contributed by atoms with van der Waals surface area (Å²) in [5, 5.41) is 42.1. The van der Waals surface area contributed by atoms with E-state index in [1.807, 2.05) is 0 Å². The van der Waals surface area contributed by atoms with Crippen LogP contribution in [0.1, 0.15) is 92.4 Å². The van der Waals surface area contributed by atoms with Gasteiger partial charge < -0.3 is 39.4 Å². The molecule has 7 rings (SSSR count). The van der Waals surface area contributed by atoms with Gasteiger partial charge in [-0.05, 0) is 91.8 Å². The maximum absolute atomic E-state index is 10.9. The van der Waals surface area contributed by atoms with Crippen LogP contribution in [0.2, 0.25) is 0 Å². The van der Waals surface area contributed by atoms with Gasteiger partial charge in [0.25, 0.3) is 0 Å². The van der Waals surface area contributed by atoms with Gasteiger partial charge in [0.15, 0.2) is 12.1 Å². The summed E-state index contributed by atoms with van der Waals surface area (Å²) >= 11 is 0. The van der Waals surface area contributed by atoms with E-state index in [9.17, 15) is 20.4 Å². The lowest BCUT2D eigenvalue weighted by atomic mass is 9.39. The second kappa shape index (κ2) is 9.84. The molecule has 3 heterocycles. The van der Waals surface area contributed by atoms with Gasteiger partial charge in [0.1, 0.15) is 18.3 Å². The van der Waals surface area contributed by atoms with Gasteiger partial charge >= 0.3 is 0 Å². The van der Waals surface area contributed by atoms with E-state index < -0.39 is 30.4 Å². The van der Waals surface area contributed by atoms with Crippen molar-refractivity contribution in [2.45, 2.75) is 141 Å². The van der Waals surface area contributed by atoms with Gasteiger partial charge in [-0.1, -0.05) is 34.6 Å². The van der Waals surface area contributed by atoms with Crippen LogP contribution >= 0.6 is 0 Å². The minimum atomic E-state index is -1.31. The van der Waals surface area contributed by atoms with Gasteiger partial charge in [-0.25, -0.2) is 0 Å². The standard InChI is InChI=1S/C33H54O8/c1-17-6-11-33(39-15-17)18(2)26-24(41-33)13-22-20-12-25(40-29-28(37)27(36)23(35)16-38-29)32(5)14-19(34)7-10-31(32,4)21(20)8-9-30(22,26)3/h17-29,34-37H,6-16H2,1-5H3. The van der Waals surface area contributed by atoms with Crippen molar-refractivity contribution in [3.8, 4) is 0 Å². The van der Waals surface area contributed by atoms with Crippen molar-refractivity contribution in [3.05, 3.63) is 0 Å². The SMILES string of the molecule is CC1CCC2(OC1)OC1CC3C4CC(OC5OCC(O)C(O)C5O)C5(C)CC(O)CCC5(C)C4CCC3(C)C1C2C. The lowest BCUT2D eigenvalue weighted by Gasteiger charge is -2.67. The zero-order valence-corrected chi connectivity index (χ0v) is 25.7. The summed E-state index contributed by atoms with van der Waals surface area (Å²) in [6.07, 6.45) is 3.75. The zero-order chi connectivity index (χ0) is 29.1. The van der Waals surface area contributed by atoms with Crippen LogP contribution in [0.5, 0.6) is 0 Å². The highest BCUT2D eigenvalue weighted by Gasteiger charge is 2.71. The average molecular weight is 579 g/mol. The maximum Gasteiger partial charge on any atom is 0.186 e. The molecule has 7 fully saturated rings. The molecule has 1 spiro atoms. The third-order valence-corrected chi connectivity index (χ3v) is 14.4. The van der Waals surface area contributed by atoms with Crippen molar-refractivity contribution in [2.24, 2.45) is 51.8 Å². The molecule has 4 N–H and O–H groups in total. The minimum Gasteiger partial charge on any atom is -0.393 e. The predicted molar refractivity (Wildman–Crippen MR) is 150 cm³/mol. The second-order valence-electron chi connectivity index (χ2n) is 16.2. The van der Waals surface area contributed by atoms with Gasteiger partial charge in [0.2, 0.25) is 0 Å². The van der Waals surface area contributed by atoms with Crippen LogP contribution in [0, 0.1) is 51.8 Å². The molecule has 17 unspecified atom stereocenters. The Balaban J connectivity index is 1.19. The van der Waals surface area contributed by atoms with E-state index in [0.29, 0.717) is 41.9 Å². The Morgan fingerprint density at radius 2 is 1.59 bits per heavy atom. The molecule has 234 valence electrons. The molecule has 3 aliphatic heterocycles. The van der Waals surface area contributed by atoms with E-state index in [-0.39, 0.29) is 41.2 Å². The largest absolute Gasteiger partial charge is 0.393 e. The van der Waals surface area contributed by atoms with Gasteiger partial charge in [-0.2, -0.15) is 0 Å². The molecular weight excluding hydrogens is 524 g/mol. The topological polar surface area (TPSA) is 118 Å². The molecule has 8 nitrogen and oxygen atoms in total. The first-order chi connectivity index (χ1) is 19.3. The highest BCUT2D eigenvalue weighted by Crippen LogP contribution is 2.73. The molecule has 7 aliphatic rings. The highest BCUT2D eigenvalue weighted by molar-refractivity contribution is 5.18. The van der Waals surface area contributed by atoms with Crippen LogP contribution in [-0.2, 0) is 18.9 Å². The summed E-state index contributed by atoms with van der Waals surface area (Å²) in [5.41, 5.74) is -0.142. The molecule has 3 saturated heterocycles. The Bertz CT molecular complexity index is 1000. The van der Waals surface area contributed by atoms with Crippen molar-refractivity contribution in [1.82, 2.24) is 0 Å². The number of hydrogen-bond acceptors (Lipinski definition) is 8. The van der Waals surface area contributed by atoms with E-state index in [1.165, 1.54) is 12.8 Å². The third kappa shape index (κ3) is 4.07. The molecule has 0 amide bonds. The Hall–Kier alpha value is -0.320. The number of rotatable bonds is 2. The number of ether oxygens (including phenoxy) is 4. The predicted octanol–water partition coefficient (Wildman–Crippen LogP) is 3.62. The lowest BCUT2D eigenvalue weighted by molar-refractivity contribution is -0.321. The first-order valence-corrected chi connectivity index (χ1v) is 16.6. The van der Waals surface area contributed by atoms with Crippen LogP contribution < -0.4 is 0 Å². The summed E-state index contributed by atoms with van der Waals surface area (Å²) < 4.78 is 25.9. The van der Waals surface area contributed by atoms with Crippen molar-refractivity contribution in [1.29, 1.82) is 0 Å². The highest BCUT2D eigenvalue weighted by atomic mass is 16.7. The molecule has 4 saturated carbocycles. The van der Waals surface area contributed by atoms with Crippen molar-refractivity contribution in [2.75, 3.05) is 13.2 Å². The molecular formula is C33H54O8. The van der Waals surface area contributed by atoms with Crippen LogP contribution in [-0.4, -0.2) is 82.3 Å². The van der Waals surface area contributed by atoms with Gasteiger partial charge in [-0.3, -0.25) is 0 Å². The van der Waals surface area contributed by atoms with Crippen molar-refractivity contribution in [3.63, 3.8) is 0 Å². The number of fused-ring (bicyclic) bond motifs is 7. The Labute approximate surface area is 245 Å². The first-order valence-electron chi connectivity index (χ1n) is 16.6. The van der Waals surface area contributed by atoms with E-state index in [2.05, 4.69) is 34.6 Å². The summed E-state index contributed by atoms with van der Waals surface area (Å²) in [6.45, 7) is 12.6. The van der Waals surface area contributed by atoms with Crippen molar-refractivity contribution < 1.29 is 39.4 Å². The van der Waals surface area contributed by atoms with Crippen LogP contribution in [0.15, 0.2) is 0 Å². The lowest BCUT2D eigenvalue weighted by Crippen LogP contribution is -2.65. The van der Waals surface area contributed by atoms with Crippen LogP contribution in [0.4, 0.5) is 0 Å². The average Bonchev–Trinajstić information content (AvgIpc) is 3.37. The summed E-state index contributed by atoms with van der Waals surface area (Å²) in [4.78, 5) is 0. The van der Waals surface area contributed by atoms with E-state index in [4.69, 9.17) is 18.9 Å². The number of aliphatic hydroxyl groups is 4. The Kier molecular flexibility index (Phi) is 7.05. The molecule has 0 bridgehead atoms. The molecule has 8 heteroatoms. The fourth-order valence-corrected chi connectivity index (χ4v) is 11.9. The van der Waals surface area contributed by atoms with E-state index in [1.54, 1.807) is 0 Å². The van der Waals surface area contributed by atoms with Gasteiger partial charge in [0, 0.05) is 17.8 Å². The van der Waals surface area contributed by atoms with E-state index in [0.717, 1.165) is 45.1 Å². The number of hydrogen-bond donors (Lipinski definition) is 4. The molecule has 4 aliphatic carbocycles.